The van der Waals surface area contributed by atoms with Gasteiger partial charge in [0.05, 0.1) is 12.3 Å². The maximum Gasteiger partial charge on any atom is 0.534 e. The maximum absolute atomic E-state index is 12.7. The van der Waals surface area contributed by atoms with E-state index in [-0.39, 0.29) is 11.4 Å². The first kappa shape index (κ1) is 19.7. The van der Waals surface area contributed by atoms with Gasteiger partial charge in [-0.2, -0.15) is 26.6 Å². The second-order valence-corrected chi connectivity index (χ2v) is 8.60. The van der Waals surface area contributed by atoms with E-state index in [9.17, 15) is 21.6 Å². The molecule has 12 heteroatoms. The zero-order valence-electron chi connectivity index (χ0n) is 15.2. The normalized spacial score (nSPS) is 21.6. The fraction of sp³-hybridized carbons (Fsp3) is 0.412. The van der Waals surface area contributed by atoms with Crippen molar-refractivity contribution in [3.63, 3.8) is 0 Å². The topological polar surface area (TPSA) is 108 Å². The minimum atomic E-state index is -5.78. The molecule has 4 rings (SSSR count). The highest BCUT2D eigenvalue weighted by molar-refractivity contribution is 7.88. The van der Waals surface area contributed by atoms with Gasteiger partial charge in [-0.1, -0.05) is 6.07 Å². The highest BCUT2D eigenvalue weighted by Crippen LogP contribution is 2.50. The van der Waals surface area contributed by atoms with E-state index in [1.165, 1.54) is 12.1 Å². The average Bonchev–Trinajstić information content (AvgIpc) is 3.22. The number of benzene rings is 1. The first-order valence-electron chi connectivity index (χ1n) is 8.62. The summed E-state index contributed by atoms with van der Waals surface area (Å²) in [6.45, 7) is 3.20. The van der Waals surface area contributed by atoms with E-state index in [1.807, 2.05) is 0 Å². The number of halogens is 3. The molecule has 0 bridgehead atoms. The zero-order chi connectivity index (χ0) is 21.0. The molecule has 1 fully saturated rings. The number of hydrogen-bond acceptors (Lipinski definition) is 8. The molecule has 2 aliphatic heterocycles. The number of ether oxygens (including phenoxy) is 1. The molecule has 2 N–H and O–H groups in total. The predicted molar refractivity (Wildman–Crippen MR) is 97.3 cm³/mol. The van der Waals surface area contributed by atoms with Crippen molar-refractivity contribution in [1.82, 2.24) is 9.97 Å². The lowest BCUT2D eigenvalue weighted by Gasteiger charge is -2.24. The molecule has 1 spiro atoms. The van der Waals surface area contributed by atoms with Crippen molar-refractivity contribution in [2.45, 2.75) is 24.3 Å². The van der Waals surface area contributed by atoms with Gasteiger partial charge >= 0.3 is 15.6 Å². The van der Waals surface area contributed by atoms with Gasteiger partial charge in [-0.15, -0.1) is 0 Å². The Morgan fingerprint density at radius 1 is 1.34 bits per heavy atom. The Kier molecular flexibility index (Phi) is 4.39. The number of anilines is 3. The Morgan fingerprint density at radius 3 is 2.76 bits per heavy atom. The van der Waals surface area contributed by atoms with Crippen LogP contribution in [0.3, 0.4) is 0 Å². The summed E-state index contributed by atoms with van der Waals surface area (Å²) in [5.74, 6) is 0.0860. The van der Waals surface area contributed by atoms with Crippen molar-refractivity contribution in [3.05, 3.63) is 35.5 Å². The Balaban J connectivity index is 1.81. The summed E-state index contributed by atoms with van der Waals surface area (Å²) in [4.78, 5) is 9.98. The number of aryl methyl sites for hydroxylation is 1. The van der Waals surface area contributed by atoms with Crippen molar-refractivity contribution in [2.75, 3.05) is 30.4 Å². The molecule has 1 aromatic carbocycles. The molecule has 3 heterocycles. The van der Waals surface area contributed by atoms with E-state index >= 15 is 0 Å². The van der Waals surface area contributed by atoms with Gasteiger partial charge < -0.3 is 19.6 Å². The first-order valence-corrected chi connectivity index (χ1v) is 10.0. The second-order valence-electron chi connectivity index (χ2n) is 7.07. The third kappa shape index (κ3) is 3.25. The lowest BCUT2D eigenvalue weighted by atomic mass is 9.82. The lowest BCUT2D eigenvalue weighted by Crippen LogP contribution is -2.32. The molecule has 0 amide bonds. The molecule has 2 aliphatic rings. The van der Waals surface area contributed by atoms with Crippen LogP contribution in [0.25, 0.3) is 0 Å². The first-order chi connectivity index (χ1) is 13.5. The van der Waals surface area contributed by atoms with E-state index in [0.717, 1.165) is 5.56 Å². The van der Waals surface area contributed by atoms with E-state index in [2.05, 4.69) is 14.2 Å². The molecule has 1 aromatic heterocycles. The van der Waals surface area contributed by atoms with Gasteiger partial charge in [-0.3, -0.25) is 0 Å². The van der Waals surface area contributed by atoms with Gasteiger partial charge in [0, 0.05) is 36.4 Å². The molecule has 1 atom stereocenters. The summed E-state index contributed by atoms with van der Waals surface area (Å²) in [6, 6.07) is 4.06. The third-order valence-corrected chi connectivity index (χ3v) is 6.08. The van der Waals surface area contributed by atoms with E-state index in [0.29, 0.717) is 43.2 Å². The fourth-order valence-electron chi connectivity index (χ4n) is 3.73. The van der Waals surface area contributed by atoms with Crippen LogP contribution in [0.1, 0.15) is 17.5 Å². The molecule has 0 aliphatic carbocycles. The van der Waals surface area contributed by atoms with Crippen molar-refractivity contribution < 1.29 is 30.5 Å². The van der Waals surface area contributed by atoms with Crippen molar-refractivity contribution in [2.24, 2.45) is 0 Å². The van der Waals surface area contributed by atoms with Crippen molar-refractivity contribution >= 4 is 27.6 Å². The van der Waals surface area contributed by atoms with Gasteiger partial charge in [0.15, 0.2) is 0 Å². The standard InChI is InChI=1S/C17H17F3N4O4S/c1-10-7-22-15(21)23-14(10)24-8-16(4-5-27-9-16)12-3-2-11(6-13(12)24)28-29(25,26)17(18,19)20/h2-3,6-7H,4-5,8-9H2,1H3,(H2,21,22,23). The Hall–Kier alpha value is -2.60. The highest BCUT2D eigenvalue weighted by atomic mass is 32.2. The molecule has 0 saturated carbocycles. The number of aromatic nitrogens is 2. The maximum atomic E-state index is 12.7. The summed E-state index contributed by atoms with van der Waals surface area (Å²) < 4.78 is 70.8. The predicted octanol–water partition coefficient (Wildman–Crippen LogP) is 2.41. The molecular formula is C17H17F3N4O4S. The Labute approximate surface area is 164 Å². The second kappa shape index (κ2) is 6.46. The van der Waals surface area contributed by atoms with Crippen LogP contribution in [0.4, 0.5) is 30.6 Å². The van der Waals surface area contributed by atoms with Gasteiger partial charge in [-0.05, 0) is 25.0 Å². The lowest BCUT2D eigenvalue weighted by molar-refractivity contribution is -0.0500. The third-order valence-electron chi connectivity index (χ3n) is 5.10. The molecule has 2 aromatic rings. The molecule has 156 valence electrons. The molecule has 1 saturated heterocycles. The SMILES string of the molecule is Cc1cnc(N)nc1N1CC2(CCOC2)c2ccc(OS(=O)(=O)C(F)(F)F)cc21. The van der Waals surface area contributed by atoms with Crippen LogP contribution in [0, 0.1) is 6.92 Å². The van der Waals surface area contributed by atoms with Crippen LogP contribution in [0.5, 0.6) is 5.75 Å². The number of hydrogen-bond donors (Lipinski definition) is 1. The summed E-state index contributed by atoms with van der Waals surface area (Å²) in [5.41, 5.74) is 1.83. The summed E-state index contributed by atoms with van der Waals surface area (Å²) in [6.07, 6.45) is 2.25. The van der Waals surface area contributed by atoms with E-state index in [1.54, 1.807) is 24.1 Å². The minimum absolute atomic E-state index is 0.0443. The average molecular weight is 430 g/mol. The van der Waals surface area contributed by atoms with Crippen LogP contribution in [0.2, 0.25) is 0 Å². The molecule has 29 heavy (non-hydrogen) atoms. The summed E-state index contributed by atoms with van der Waals surface area (Å²) >= 11 is 0. The number of alkyl halides is 3. The van der Waals surface area contributed by atoms with Gasteiger partial charge in [-0.25, -0.2) is 4.98 Å². The molecule has 8 nitrogen and oxygen atoms in total. The van der Waals surface area contributed by atoms with Crippen molar-refractivity contribution in [1.29, 1.82) is 0 Å². The van der Waals surface area contributed by atoms with Crippen LogP contribution in [0.15, 0.2) is 24.4 Å². The number of nitrogens with two attached hydrogens (primary N) is 1. The van der Waals surface area contributed by atoms with Gasteiger partial charge in [0.1, 0.15) is 11.6 Å². The van der Waals surface area contributed by atoms with Crippen LogP contribution in [-0.4, -0.2) is 43.7 Å². The summed E-state index contributed by atoms with van der Waals surface area (Å²) in [7, 11) is -5.78. The Bertz CT molecular complexity index is 1070. The smallest absolute Gasteiger partial charge is 0.380 e. The van der Waals surface area contributed by atoms with Crippen LogP contribution in [-0.2, 0) is 20.3 Å². The van der Waals surface area contributed by atoms with Gasteiger partial charge in [0.2, 0.25) is 5.95 Å². The number of nitrogens with zero attached hydrogens (tertiary/aromatic N) is 3. The largest absolute Gasteiger partial charge is 0.534 e. The van der Waals surface area contributed by atoms with E-state index in [4.69, 9.17) is 10.5 Å². The zero-order valence-corrected chi connectivity index (χ0v) is 16.0. The number of fused-ring (bicyclic) bond motifs is 2. The van der Waals surface area contributed by atoms with Gasteiger partial charge in [0.25, 0.3) is 0 Å². The van der Waals surface area contributed by atoms with Crippen molar-refractivity contribution in [3.8, 4) is 5.75 Å². The quantitative estimate of drug-likeness (QED) is 0.584. The number of rotatable bonds is 3. The summed E-state index contributed by atoms with van der Waals surface area (Å²) in [5, 5.41) is 0. The number of nitrogen functional groups attached to an aromatic ring is 1. The monoisotopic (exact) mass is 430 g/mol. The fourth-order valence-corrected chi connectivity index (χ4v) is 4.19. The van der Waals surface area contributed by atoms with Crippen LogP contribution >= 0.6 is 0 Å². The van der Waals surface area contributed by atoms with Crippen LogP contribution < -0.4 is 14.8 Å². The minimum Gasteiger partial charge on any atom is -0.380 e. The molecule has 1 unspecified atom stereocenters. The molecule has 0 radical (unpaired) electrons. The molecular weight excluding hydrogens is 413 g/mol. The van der Waals surface area contributed by atoms with E-state index < -0.39 is 21.4 Å². The Morgan fingerprint density at radius 2 is 2.10 bits per heavy atom. The highest BCUT2D eigenvalue weighted by Gasteiger charge is 2.50.